The van der Waals surface area contributed by atoms with Crippen LogP contribution >= 0.6 is 0 Å². The number of hydrogen-bond donors (Lipinski definition) is 0. The first kappa shape index (κ1) is 25.8. The Bertz CT molecular complexity index is 830. The van der Waals surface area contributed by atoms with E-state index in [1.54, 1.807) is 0 Å². The second-order valence-electron chi connectivity index (χ2n) is 14.6. The van der Waals surface area contributed by atoms with E-state index in [9.17, 15) is 0 Å². The highest BCUT2D eigenvalue weighted by Crippen LogP contribution is 2.67. The summed E-state index contributed by atoms with van der Waals surface area (Å²) in [5.74, 6) is 5.74. The van der Waals surface area contributed by atoms with Gasteiger partial charge in [0.2, 0.25) is 0 Å². The third-order valence-electron chi connectivity index (χ3n) is 12.4. The molecule has 1 aromatic rings. The van der Waals surface area contributed by atoms with E-state index in [-0.39, 0.29) is 0 Å². The molecule has 1 heteroatoms. The Labute approximate surface area is 217 Å². The second-order valence-corrected chi connectivity index (χ2v) is 14.6. The van der Waals surface area contributed by atoms with Gasteiger partial charge in [-0.05, 0) is 117 Å². The zero-order valence-corrected chi connectivity index (χ0v) is 23.9. The third-order valence-corrected chi connectivity index (χ3v) is 12.4. The van der Waals surface area contributed by atoms with Crippen LogP contribution in [-0.4, -0.2) is 24.0 Å². The molecule has 1 heterocycles. The Morgan fingerprint density at radius 1 is 0.829 bits per heavy atom. The lowest BCUT2D eigenvalue weighted by molar-refractivity contribution is -0.136. The maximum absolute atomic E-state index is 2.86. The van der Waals surface area contributed by atoms with Crippen LogP contribution in [0.25, 0.3) is 0 Å². The van der Waals surface area contributed by atoms with E-state index in [1.807, 2.05) is 0 Å². The van der Waals surface area contributed by atoms with Crippen LogP contribution in [0.15, 0.2) is 30.3 Å². The van der Waals surface area contributed by atoms with Crippen LogP contribution in [0.3, 0.4) is 0 Å². The summed E-state index contributed by atoms with van der Waals surface area (Å²) in [6, 6.07) is 12.8. The van der Waals surface area contributed by atoms with Crippen molar-refractivity contribution in [1.82, 2.24) is 4.90 Å². The van der Waals surface area contributed by atoms with Crippen molar-refractivity contribution in [1.29, 1.82) is 0 Å². The van der Waals surface area contributed by atoms with Gasteiger partial charge in [0, 0.05) is 12.1 Å². The van der Waals surface area contributed by atoms with E-state index in [2.05, 4.69) is 76.9 Å². The normalized spacial score (nSPS) is 42.4. The van der Waals surface area contributed by atoms with E-state index in [0.29, 0.717) is 10.8 Å². The Hall–Kier alpha value is -0.820. The highest BCUT2D eigenvalue weighted by Gasteiger charge is 2.61. The lowest BCUT2D eigenvalue weighted by atomic mass is 9.46. The number of piperidine rings is 1. The molecule has 3 saturated carbocycles. The number of rotatable bonds is 7. The summed E-state index contributed by atoms with van der Waals surface area (Å²) in [5.41, 5.74) is 2.68. The first-order valence-electron chi connectivity index (χ1n) is 15.5. The van der Waals surface area contributed by atoms with Crippen molar-refractivity contribution >= 4 is 0 Å². The second kappa shape index (κ2) is 10.2. The number of likely N-dealkylation sites (N-methyl/N-ethyl adjacent to an activating group) is 1. The minimum Gasteiger partial charge on any atom is -0.300 e. The third kappa shape index (κ3) is 4.66. The molecule has 9 atom stereocenters. The molecule has 0 radical (unpaired) electrons. The zero-order valence-electron chi connectivity index (χ0n) is 23.9. The van der Waals surface area contributed by atoms with E-state index in [1.165, 1.54) is 82.6 Å². The highest BCUT2D eigenvalue weighted by molar-refractivity contribution is 5.18. The van der Waals surface area contributed by atoms with Crippen LogP contribution in [0.5, 0.6) is 0 Å². The molecule has 1 saturated heterocycles. The number of hydrogen-bond acceptors (Lipinski definition) is 1. The van der Waals surface area contributed by atoms with Gasteiger partial charge >= 0.3 is 0 Å². The lowest BCUT2D eigenvalue weighted by Gasteiger charge is -2.63. The fourth-order valence-electron chi connectivity index (χ4n) is 10.5. The van der Waals surface area contributed by atoms with Crippen LogP contribution in [0, 0.1) is 46.3 Å². The molecule has 0 amide bonds. The number of likely N-dealkylation sites (tertiary alicyclic amines) is 1. The fraction of sp³-hybridized carbons (Fsp3) is 0.824. The summed E-state index contributed by atoms with van der Waals surface area (Å²) < 4.78 is 0. The Morgan fingerprint density at radius 2 is 1.54 bits per heavy atom. The predicted octanol–water partition coefficient (Wildman–Crippen LogP) is 9.01. The SMILES string of the molecule is CC(C)CCCC(C)C1CCC2C3CCC4N(C)C(Cc5ccccc5)CCC4(C)C3CCC12C. The number of benzene rings is 1. The molecule has 1 aromatic carbocycles. The quantitative estimate of drug-likeness (QED) is 0.378. The molecule has 0 bridgehead atoms. The molecule has 3 aliphatic carbocycles. The van der Waals surface area contributed by atoms with Crippen molar-refractivity contribution in [2.75, 3.05) is 7.05 Å². The topological polar surface area (TPSA) is 3.24 Å². The Balaban J connectivity index is 1.27. The zero-order chi connectivity index (χ0) is 24.8. The van der Waals surface area contributed by atoms with Crippen LogP contribution < -0.4 is 0 Å². The van der Waals surface area contributed by atoms with Gasteiger partial charge in [-0.1, -0.05) is 84.2 Å². The molecule has 0 aromatic heterocycles. The van der Waals surface area contributed by atoms with Gasteiger partial charge < -0.3 is 0 Å². The van der Waals surface area contributed by atoms with Crippen LogP contribution in [0.1, 0.15) is 111 Å². The maximum atomic E-state index is 2.86. The highest BCUT2D eigenvalue weighted by atomic mass is 15.2. The molecule has 1 nitrogen and oxygen atoms in total. The monoisotopic (exact) mass is 477 g/mol. The van der Waals surface area contributed by atoms with E-state index in [4.69, 9.17) is 0 Å². The van der Waals surface area contributed by atoms with Gasteiger partial charge in [-0.25, -0.2) is 0 Å². The van der Waals surface area contributed by atoms with Gasteiger partial charge in [-0.3, -0.25) is 4.90 Å². The van der Waals surface area contributed by atoms with Gasteiger partial charge in [0.1, 0.15) is 0 Å². The van der Waals surface area contributed by atoms with Gasteiger partial charge in [0.05, 0.1) is 0 Å². The molecular formula is C34H55N. The summed E-state index contributed by atoms with van der Waals surface area (Å²) in [6.07, 6.45) is 17.4. The molecule has 9 unspecified atom stereocenters. The summed E-state index contributed by atoms with van der Waals surface area (Å²) in [6.45, 7) is 12.9. The lowest BCUT2D eigenvalue weighted by Crippen LogP contribution is -2.62. The van der Waals surface area contributed by atoms with Crippen molar-refractivity contribution in [2.24, 2.45) is 46.3 Å². The Morgan fingerprint density at radius 3 is 2.29 bits per heavy atom. The van der Waals surface area contributed by atoms with E-state index >= 15 is 0 Å². The Kier molecular flexibility index (Phi) is 7.49. The maximum Gasteiger partial charge on any atom is 0.0152 e. The van der Waals surface area contributed by atoms with Crippen molar-refractivity contribution in [3.05, 3.63) is 35.9 Å². The minimum atomic E-state index is 0.535. The van der Waals surface area contributed by atoms with Crippen LogP contribution in [-0.2, 0) is 6.42 Å². The average Bonchev–Trinajstić information content (AvgIpc) is 3.19. The van der Waals surface area contributed by atoms with Crippen LogP contribution in [0.4, 0.5) is 0 Å². The fourth-order valence-corrected chi connectivity index (χ4v) is 10.5. The number of fused-ring (bicyclic) bond motifs is 5. The molecule has 35 heavy (non-hydrogen) atoms. The standard InChI is InChI=1S/C34H55N/c1-24(2)11-10-12-25(3)29-16-17-30-28-15-18-32-34(5,31(28)20-22-33(29,30)4)21-19-27(35(32)6)23-26-13-8-7-9-14-26/h7-9,13-14,24-25,27-32H,10-12,15-23H2,1-6H3. The van der Waals surface area contributed by atoms with Crippen molar-refractivity contribution in [3.8, 4) is 0 Å². The van der Waals surface area contributed by atoms with Gasteiger partial charge in [-0.15, -0.1) is 0 Å². The summed E-state index contributed by atoms with van der Waals surface area (Å²) in [5, 5.41) is 0. The van der Waals surface area contributed by atoms with Crippen LogP contribution in [0.2, 0.25) is 0 Å². The summed E-state index contributed by atoms with van der Waals surface area (Å²) in [7, 11) is 2.48. The van der Waals surface area contributed by atoms with Crippen molar-refractivity contribution < 1.29 is 0 Å². The summed E-state index contributed by atoms with van der Waals surface area (Å²) >= 11 is 0. The smallest absolute Gasteiger partial charge is 0.0152 e. The minimum absolute atomic E-state index is 0.535. The first-order valence-corrected chi connectivity index (χ1v) is 15.5. The molecule has 5 rings (SSSR count). The van der Waals surface area contributed by atoms with Crippen molar-refractivity contribution in [2.45, 2.75) is 124 Å². The number of nitrogens with zero attached hydrogens (tertiary/aromatic N) is 1. The van der Waals surface area contributed by atoms with Gasteiger partial charge in [0.15, 0.2) is 0 Å². The summed E-state index contributed by atoms with van der Waals surface area (Å²) in [4.78, 5) is 2.86. The predicted molar refractivity (Wildman–Crippen MR) is 150 cm³/mol. The average molecular weight is 478 g/mol. The van der Waals surface area contributed by atoms with Gasteiger partial charge in [0.25, 0.3) is 0 Å². The largest absolute Gasteiger partial charge is 0.300 e. The van der Waals surface area contributed by atoms with Crippen molar-refractivity contribution in [3.63, 3.8) is 0 Å². The van der Waals surface area contributed by atoms with E-state index in [0.717, 1.165) is 47.6 Å². The molecule has 4 fully saturated rings. The molecule has 196 valence electrons. The molecule has 0 N–H and O–H groups in total. The molecule has 1 aliphatic heterocycles. The first-order chi connectivity index (χ1) is 16.7. The molecule has 4 aliphatic rings. The molecular weight excluding hydrogens is 422 g/mol. The van der Waals surface area contributed by atoms with Gasteiger partial charge in [-0.2, -0.15) is 0 Å². The van der Waals surface area contributed by atoms with E-state index < -0.39 is 0 Å². The molecule has 0 spiro atoms.